The van der Waals surface area contributed by atoms with Crippen LogP contribution in [-0.2, 0) is 0 Å². The van der Waals surface area contributed by atoms with Crippen molar-refractivity contribution in [3.05, 3.63) is 80.4 Å². The summed E-state index contributed by atoms with van der Waals surface area (Å²) in [7, 11) is 0. The van der Waals surface area contributed by atoms with E-state index in [-0.39, 0.29) is 5.69 Å². The van der Waals surface area contributed by atoms with Gasteiger partial charge in [0.15, 0.2) is 11.4 Å². The van der Waals surface area contributed by atoms with Gasteiger partial charge >= 0.3 is 0 Å². The number of amides is 1. The highest BCUT2D eigenvalue weighted by Gasteiger charge is 2.18. The Hall–Kier alpha value is -3.00. The predicted molar refractivity (Wildman–Crippen MR) is 98.3 cm³/mol. The number of aromatic nitrogens is 2. The molecular formula is C18H13BrFN3O3. The number of nitrogens with one attached hydrogen (secondary N) is 1. The third kappa shape index (κ3) is 3.65. The molecule has 0 saturated carbocycles. The summed E-state index contributed by atoms with van der Waals surface area (Å²) in [6, 6.07) is 11.9. The standard InChI is InChI=1S/C18H13BrFN3O3/c1-10-3-2-4-12(7-10)23-16(25)9-15(24)17(22-23)18(26)21-14-6-5-11(19)8-13(14)20/h2-9,24H,1H3,(H,21,26). The maximum absolute atomic E-state index is 13.9. The summed E-state index contributed by atoms with van der Waals surface area (Å²) >= 11 is 3.13. The summed E-state index contributed by atoms with van der Waals surface area (Å²) in [4.78, 5) is 24.5. The number of anilines is 1. The van der Waals surface area contributed by atoms with E-state index in [0.29, 0.717) is 10.2 Å². The minimum atomic E-state index is -0.842. The Kier molecular flexibility index (Phi) is 4.85. The van der Waals surface area contributed by atoms with Crippen LogP contribution in [0.4, 0.5) is 10.1 Å². The van der Waals surface area contributed by atoms with Crippen molar-refractivity contribution < 1.29 is 14.3 Å². The average Bonchev–Trinajstić information content (AvgIpc) is 2.57. The van der Waals surface area contributed by atoms with Crippen molar-refractivity contribution in [2.45, 2.75) is 6.92 Å². The molecule has 3 aromatic rings. The first-order valence-electron chi connectivity index (χ1n) is 7.52. The monoisotopic (exact) mass is 417 g/mol. The Morgan fingerprint density at radius 3 is 2.69 bits per heavy atom. The fourth-order valence-corrected chi connectivity index (χ4v) is 2.66. The van der Waals surface area contributed by atoms with E-state index in [4.69, 9.17) is 0 Å². The summed E-state index contributed by atoms with van der Waals surface area (Å²) in [6.45, 7) is 1.85. The molecule has 0 fully saturated rings. The van der Waals surface area contributed by atoms with Crippen molar-refractivity contribution in [3.8, 4) is 11.4 Å². The molecule has 0 aliphatic rings. The van der Waals surface area contributed by atoms with Gasteiger partial charge in [0.25, 0.3) is 11.5 Å². The van der Waals surface area contributed by atoms with Gasteiger partial charge in [-0.15, -0.1) is 0 Å². The maximum atomic E-state index is 13.9. The molecule has 0 aliphatic carbocycles. The number of nitrogens with zero attached hydrogens (tertiary/aromatic N) is 2. The first-order valence-corrected chi connectivity index (χ1v) is 8.31. The van der Waals surface area contributed by atoms with Crippen LogP contribution in [0.15, 0.2) is 57.8 Å². The van der Waals surface area contributed by atoms with Crippen LogP contribution >= 0.6 is 15.9 Å². The molecule has 3 rings (SSSR count). The van der Waals surface area contributed by atoms with Crippen LogP contribution in [-0.4, -0.2) is 20.8 Å². The van der Waals surface area contributed by atoms with Crippen molar-refractivity contribution >= 4 is 27.5 Å². The van der Waals surface area contributed by atoms with E-state index >= 15 is 0 Å². The lowest BCUT2D eigenvalue weighted by molar-refractivity contribution is 0.101. The van der Waals surface area contributed by atoms with Crippen LogP contribution in [0.25, 0.3) is 5.69 Å². The number of carbonyl (C=O) groups excluding carboxylic acids is 1. The Bertz CT molecular complexity index is 1070. The lowest BCUT2D eigenvalue weighted by Crippen LogP contribution is -2.25. The Balaban J connectivity index is 2.00. The van der Waals surface area contributed by atoms with Gasteiger partial charge in [0.2, 0.25) is 0 Å². The van der Waals surface area contributed by atoms with Crippen molar-refractivity contribution in [2.75, 3.05) is 5.32 Å². The van der Waals surface area contributed by atoms with Crippen molar-refractivity contribution in [3.63, 3.8) is 0 Å². The summed E-state index contributed by atoms with van der Waals surface area (Å²) in [5, 5.41) is 16.2. The van der Waals surface area contributed by atoms with Crippen LogP contribution < -0.4 is 10.9 Å². The summed E-state index contributed by atoms with van der Waals surface area (Å²) in [5.74, 6) is -2.08. The number of carbonyl (C=O) groups is 1. The molecule has 0 bridgehead atoms. The number of aryl methyl sites for hydroxylation is 1. The minimum Gasteiger partial charge on any atom is -0.505 e. The molecular weight excluding hydrogens is 405 g/mol. The number of hydrogen-bond donors (Lipinski definition) is 2. The maximum Gasteiger partial charge on any atom is 0.280 e. The molecule has 0 unspecified atom stereocenters. The molecule has 0 radical (unpaired) electrons. The summed E-state index contributed by atoms with van der Waals surface area (Å²) in [6.07, 6.45) is 0. The Morgan fingerprint density at radius 2 is 2.00 bits per heavy atom. The highest BCUT2D eigenvalue weighted by Crippen LogP contribution is 2.21. The number of halogens is 2. The second-order valence-corrected chi connectivity index (χ2v) is 6.46. The van der Waals surface area contributed by atoms with Crippen LogP contribution in [0, 0.1) is 12.7 Å². The fraction of sp³-hybridized carbons (Fsp3) is 0.0556. The van der Waals surface area contributed by atoms with E-state index < -0.39 is 28.7 Å². The Morgan fingerprint density at radius 1 is 1.23 bits per heavy atom. The molecule has 26 heavy (non-hydrogen) atoms. The predicted octanol–water partition coefficient (Wildman–Crippen LogP) is 3.40. The molecule has 0 saturated heterocycles. The van der Waals surface area contributed by atoms with Crippen molar-refractivity contribution in [1.29, 1.82) is 0 Å². The molecule has 132 valence electrons. The van der Waals surface area contributed by atoms with Gasteiger partial charge < -0.3 is 10.4 Å². The third-order valence-electron chi connectivity index (χ3n) is 3.55. The van der Waals surface area contributed by atoms with Crippen LogP contribution in [0.2, 0.25) is 0 Å². The molecule has 1 aromatic heterocycles. The topological polar surface area (TPSA) is 84.2 Å². The Labute approximate surface area is 156 Å². The van der Waals surface area contributed by atoms with E-state index in [1.165, 1.54) is 12.1 Å². The highest BCUT2D eigenvalue weighted by molar-refractivity contribution is 9.10. The van der Waals surface area contributed by atoms with Crippen molar-refractivity contribution in [1.82, 2.24) is 9.78 Å². The first kappa shape index (κ1) is 17.8. The molecule has 2 N–H and O–H groups in total. The molecule has 1 heterocycles. The molecule has 8 heteroatoms. The van der Waals surface area contributed by atoms with E-state index in [1.54, 1.807) is 24.3 Å². The lowest BCUT2D eigenvalue weighted by Gasteiger charge is -2.10. The molecule has 2 aromatic carbocycles. The molecule has 0 spiro atoms. The zero-order valence-electron chi connectivity index (χ0n) is 13.5. The molecule has 1 amide bonds. The normalized spacial score (nSPS) is 10.6. The largest absolute Gasteiger partial charge is 0.505 e. The first-order chi connectivity index (χ1) is 12.3. The molecule has 0 atom stereocenters. The SMILES string of the molecule is Cc1cccc(-n2nc(C(=O)Nc3ccc(Br)cc3F)c(O)cc2=O)c1. The second kappa shape index (κ2) is 7.09. The van der Waals surface area contributed by atoms with Gasteiger partial charge in [-0.2, -0.15) is 9.78 Å². The van der Waals surface area contributed by atoms with Gasteiger partial charge in [0, 0.05) is 10.5 Å². The summed E-state index contributed by atoms with van der Waals surface area (Å²) in [5.41, 5.74) is 0.270. The van der Waals surface area contributed by atoms with Gasteiger partial charge in [-0.25, -0.2) is 4.39 Å². The minimum absolute atomic E-state index is 0.0762. The van der Waals surface area contributed by atoms with Gasteiger partial charge in [0.05, 0.1) is 11.4 Å². The van der Waals surface area contributed by atoms with Gasteiger partial charge in [-0.1, -0.05) is 28.1 Å². The number of rotatable bonds is 3. The highest BCUT2D eigenvalue weighted by atomic mass is 79.9. The quantitative estimate of drug-likeness (QED) is 0.683. The summed E-state index contributed by atoms with van der Waals surface area (Å²) < 4.78 is 15.4. The van der Waals surface area contributed by atoms with Gasteiger partial charge in [-0.05, 0) is 42.8 Å². The smallest absolute Gasteiger partial charge is 0.280 e. The van der Waals surface area contributed by atoms with Crippen LogP contribution in [0.3, 0.4) is 0 Å². The fourth-order valence-electron chi connectivity index (χ4n) is 2.33. The van der Waals surface area contributed by atoms with E-state index in [0.717, 1.165) is 16.3 Å². The van der Waals surface area contributed by atoms with Crippen molar-refractivity contribution in [2.24, 2.45) is 0 Å². The third-order valence-corrected chi connectivity index (χ3v) is 4.05. The lowest BCUT2D eigenvalue weighted by atomic mass is 10.2. The average molecular weight is 418 g/mol. The zero-order chi connectivity index (χ0) is 18.8. The van der Waals surface area contributed by atoms with Crippen LogP contribution in [0.1, 0.15) is 16.1 Å². The van der Waals surface area contributed by atoms with E-state index in [1.807, 2.05) is 13.0 Å². The zero-order valence-corrected chi connectivity index (χ0v) is 15.1. The molecule has 6 nitrogen and oxygen atoms in total. The number of hydrogen-bond acceptors (Lipinski definition) is 4. The number of aromatic hydroxyl groups is 1. The van der Waals surface area contributed by atoms with Crippen LogP contribution in [0.5, 0.6) is 5.75 Å². The van der Waals surface area contributed by atoms with Gasteiger partial charge in [0.1, 0.15) is 5.82 Å². The van der Waals surface area contributed by atoms with E-state index in [2.05, 4.69) is 26.3 Å². The van der Waals surface area contributed by atoms with E-state index in [9.17, 15) is 19.1 Å². The number of benzene rings is 2. The second-order valence-electron chi connectivity index (χ2n) is 5.55. The molecule has 0 aliphatic heterocycles. The van der Waals surface area contributed by atoms with Gasteiger partial charge in [-0.3, -0.25) is 9.59 Å².